The second-order valence-electron chi connectivity index (χ2n) is 6.74. The second kappa shape index (κ2) is 6.83. The van der Waals surface area contributed by atoms with Crippen molar-refractivity contribution in [2.75, 3.05) is 0 Å². The molecule has 1 aliphatic carbocycles. The Balaban J connectivity index is 1.69. The number of hydrogen-bond acceptors (Lipinski definition) is 3. The van der Waals surface area contributed by atoms with Gasteiger partial charge in [0, 0.05) is 12.5 Å². The molecule has 1 amide bonds. The quantitative estimate of drug-likeness (QED) is 0.702. The predicted molar refractivity (Wildman–Crippen MR) is 96.8 cm³/mol. The zero-order valence-electron chi connectivity index (χ0n) is 14.5. The Morgan fingerprint density at radius 1 is 1.19 bits per heavy atom. The molecule has 6 nitrogen and oxygen atoms in total. The summed E-state index contributed by atoms with van der Waals surface area (Å²) in [6, 6.07) is 10.9. The van der Waals surface area contributed by atoms with Crippen molar-refractivity contribution in [3.63, 3.8) is 0 Å². The van der Waals surface area contributed by atoms with E-state index in [1.54, 1.807) is 18.2 Å². The highest BCUT2D eigenvalue weighted by Gasteiger charge is 2.29. The lowest BCUT2D eigenvalue weighted by atomic mass is 10.2. The number of nitrogens with one attached hydrogen (secondary N) is 1. The van der Waals surface area contributed by atoms with Crippen LogP contribution >= 0.6 is 0 Å². The largest absolute Gasteiger partial charge is 0.478 e. The summed E-state index contributed by atoms with van der Waals surface area (Å²) in [5.41, 5.74) is 2.35. The summed E-state index contributed by atoms with van der Waals surface area (Å²) in [5, 5.41) is 12.1. The molecule has 0 atom stereocenters. The van der Waals surface area contributed by atoms with Crippen LogP contribution in [0.25, 0.3) is 11.0 Å². The molecule has 7 heteroatoms. The van der Waals surface area contributed by atoms with Gasteiger partial charge in [-0.3, -0.25) is 4.79 Å². The number of rotatable bonds is 6. The fourth-order valence-electron chi connectivity index (χ4n) is 3.05. The van der Waals surface area contributed by atoms with Crippen molar-refractivity contribution in [3.05, 3.63) is 65.2 Å². The number of nitrogens with zero attached hydrogens (tertiary/aromatic N) is 2. The molecule has 1 aliphatic rings. The third-order valence-electron chi connectivity index (χ3n) is 4.70. The minimum Gasteiger partial charge on any atom is -0.478 e. The first-order valence-corrected chi connectivity index (χ1v) is 8.76. The molecule has 27 heavy (non-hydrogen) atoms. The molecule has 1 saturated carbocycles. The zero-order chi connectivity index (χ0) is 19.0. The van der Waals surface area contributed by atoms with E-state index in [2.05, 4.69) is 10.3 Å². The minimum absolute atomic E-state index is 0.0154. The fraction of sp³-hybridized carbons (Fsp3) is 0.250. The van der Waals surface area contributed by atoms with E-state index in [4.69, 9.17) is 0 Å². The SMILES string of the molecule is O=C(O)c1ccc2c(c1)nc(CNC(=O)C1CC1)n2Cc1ccc(F)cc1. The molecule has 0 bridgehead atoms. The maximum atomic E-state index is 13.2. The molecule has 0 saturated heterocycles. The highest BCUT2D eigenvalue weighted by atomic mass is 19.1. The minimum atomic E-state index is -1.02. The van der Waals surface area contributed by atoms with Crippen molar-refractivity contribution >= 4 is 22.9 Å². The summed E-state index contributed by atoms with van der Waals surface area (Å²) >= 11 is 0. The number of fused-ring (bicyclic) bond motifs is 1. The molecule has 0 radical (unpaired) electrons. The van der Waals surface area contributed by atoms with Crippen molar-refractivity contribution in [3.8, 4) is 0 Å². The van der Waals surface area contributed by atoms with Gasteiger partial charge in [0.2, 0.25) is 5.91 Å². The zero-order valence-corrected chi connectivity index (χ0v) is 14.5. The first-order chi connectivity index (χ1) is 13.0. The summed E-state index contributed by atoms with van der Waals surface area (Å²) in [6.07, 6.45) is 1.83. The van der Waals surface area contributed by atoms with Crippen molar-refractivity contribution in [2.45, 2.75) is 25.9 Å². The number of carboxylic acids is 1. The number of aromatic carboxylic acids is 1. The molecule has 1 aromatic heterocycles. The van der Waals surface area contributed by atoms with Gasteiger partial charge >= 0.3 is 5.97 Å². The van der Waals surface area contributed by atoms with Gasteiger partial charge in [-0.2, -0.15) is 0 Å². The topological polar surface area (TPSA) is 84.2 Å². The molecule has 2 aromatic carbocycles. The van der Waals surface area contributed by atoms with Crippen LogP contribution in [-0.2, 0) is 17.9 Å². The summed E-state index contributed by atoms with van der Waals surface area (Å²) < 4.78 is 15.1. The van der Waals surface area contributed by atoms with Crippen molar-refractivity contribution in [1.82, 2.24) is 14.9 Å². The van der Waals surface area contributed by atoms with Crippen LogP contribution in [0.3, 0.4) is 0 Å². The fourth-order valence-corrected chi connectivity index (χ4v) is 3.05. The summed E-state index contributed by atoms with van der Waals surface area (Å²) in [4.78, 5) is 27.7. The summed E-state index contributed by atoms with van der Waals surface area (Å²) in [7, 11) is 0. The lowest BCUT2D eigenvalue weighted by Gasteiger charge is -2.10. The van der Waals surface area contributed by atoms with E-state index in [0.29, 0.717) is 17.9 Å². The van der Waals surface area contributed by atoms with E-state index < -0.39 is 5.97 Å². The number of halogens is 1. The molecule has 4 rings (SSSR count). The first-order valence-electron chi connectivity index (χ1n) is 8.76. The Bertz CT molecular complexity index is 1020. The maximum Gasteiger partial charge on any atom is 0.335 e. The number of amides is 1. The van der Waals surface area contributed by atoms with Gasteiger partial charge in [0.05, 0.1) is 23.1 Å². The molecular formula is C20H18FN3O3. The number of carbonyl (C=O) groups excluding carboxylic acids is 1. The number of carboxylic acid groups (broad SMARTS) is 1. The van der Waals surface area contributed by atoms with Gasteiger partial charge in [-0.1, -0.05) is 12.1 Å². The number of benzene rings is 2. The van der Waals surface area contributed by atoms with E-state index in [9.17, 15) is 19.1 Å². The Morgan fingerprint density at radius 2 is 1.93 bits per heavy atom. The van der Waals surface area contributed by atoms with Crippen LogP contribution in [0.4, 0.5) is 4.39 Å². The van der Waals surface area contributed by atoms with E-state index in [1.165, 1.54) is 24.3 Å². The van der Waals surface area contributed by atoms with E-state index >= 15 is 0 Å². The second-order valence-corrected chi connectivity index (χ2v) is 6.74. The lowest BCUT2D eigenvalue weighted by Crippen LogP contribution is -2.26. The number of imidazole rings is 1. The van der Waals surface area contributed by atoms with Crippen LogP contribution in [0, 0.1) is 11.7 Å². The van der Waals surface area contributed by atoms with Crippen LogP contribution < -0.4 is 5.32 Å². The highest BCUT2D eigenvalue weighted by molar-refractivity contribution is 5.92. The highest BCUT2D eigenvalue weighted by Crippen LogP contribution is 2.29. The smallest absolute Gasteiger partial charge is 0.335 e. The normalized spacial score (nSPS) is 13.7. The van der Waals surface area contributed by atoms with Gasteiger partial charge in [-0.25, -0.2) is 14.2 Å². The molecule has 3 aromatic rings. The van der Waals surface area contributed by atoms with Gasteiger partial charge in [-0.05, 0) is 48.7 Å². The van der Waals surface area contributed by atoms with Gasteiger partial charge in [0.15, 0.2) is 0 Å². The van der Waals surface area contributed by atoms with Gasteiger partial charge in [0.25, 0.3) is 0 Å². The maximum absolute atomic E-state index is 13.2. The number of aromatic nitrogens is 2. The van der Waals surface area contributed by atoms with Crippen LogP contribution in [0.1, 0.15) is 34.6 Å². The average Bonchev–Trinajstić information content (AvgIpc) is 3.45. The molecule has 0 unspecified atom stereocenters. The van der Waals surface area contributed by atoms with Gasteiger partial charge in [-0.15, -0.1) is 0 Å². The third kappa shape index (κ3) is 3.67. The Labute approximate surface area is 154 Å². The summed E-state index contributed by atoms with van der Waals surface area (Å²) in [6.45, 7) is 0.700. The third-order valence-corrected chi connectivity index (χ3v) is 4.70. The van der Waals surface area contributed by atoms with E-state index in [0.717, 1.165) is 23.9 Å². The van der Waals surface area contributed by atoms with Crippen LogP contribution in [-0.4, -0.2) is 26.5 Å². The van der Waals surface area contributed by atoms with Gasteiger partial charge in [0.1, 0.15) is 11.6 Å². The molecule has 2 N–H and O–H groups in total. The van der Waals surface area contributed by atoms with Crippen LogP contribution in [0.5, 0.6) is 0 Å². The van der Waals surface area contributed by atoms with Crippen molar-refractivity contribution in [2.24, 2.45) is 5.92 Å². The van der Waals surface area contributed by atoms with E-state index in [-0.39, 0.29) is 29.8 Å². The molecule has 0 spiro atoms. The van der Waals surface area contributed by atoms with Crippen LogP contribution in [0.2, 0.25) is 0 Å². The standard InChI is InChI=1S/C20H18FN3O3/c21-15-6-1-12(2-7-15)11-24-17-8-5-14(20(26)27)9-16(17)23-18(24)10-22-19(25)13-3-4-13/h1-2,5-9,13H,3-4,10-11H2,(H,22,25)(H,26,27). The molecule has 0 aliphatic heterocycles. The molecule has 1 heterocycles. The first kappa shape index (κ1) is 17.2. The predicted octanol–water partition coefficient (Wildman–Crippen LogP) is 2.95. The van der Waals surface area contributed by atoms with Gasteiger partial charge < -0.3 is 15.0 Å². The summed E-state index contributed by atoms with van der Waals surface area (Å²) in [5.74, 6) is -0.586. The Morgan fingerprint density at radius 3 is 2.59 bits per heavy atom. The number of carbonyl (C=O) groups is 2. The Hall–Kier alpha value is -3.22. The Kier molecular flexibility index (Phi) is 4.35. The molecule has 1 fully saturated rings. The van der Waals surface area contributed by atoms with E-state index in [1.807, 2.05) is 4.57 Å². The lowest BCUT2D eigenvalue weighted by molar-refractivity contribution is -0.122. The average molecular weight is 367 g/mol. The molecular weight excluding hydrogens is 349 g/mol. The van der Waals surface area contributed by atoms with Crippen LogP contribution in [0.15, 0.2) is 42.5 Å². The monoisotopic (exact) mass is 367 g/mol. The number of hydrogen-bond donors (Lipinski definition) is 2. The molecule has 138 valence electrons. The van der Waals surface area contributed by atoms with Crippen molar-refractivity contribution in [1.29, 1.82) is 0 Å². The van der Waals surface area contributed by atoms with Crippen molar-refractivity contribution < 1.29 is 19.1 Å².